The Balaban J connectivity index is 4.38. The van der Waals surface area contributed by atoms with Gasteiger partial charge in [0.25, 0.3) is 0 Å². The molecule has 0 aromatic rings. The predicted octanol–water partition coefficient (Wildman–Crippen LogP) is 7.08. The molecule has 0 aromatic carbocycles. The van der Waals surface area contributed by atoms with Gasteiger partial charge in [-0.25, -0.2) is 0 Å². The summed E-state index contributed by atoms with van der Waals surface area (Å²) in [5.41, 5.74) is 0.133. The van der Waals surface area contributed by atoms with E-state index in [-0.39, 0.29) is 13.5 Å². The molecule has 0 rings (SSSR count). The average Bonchev–Trinajstić information content (AvgIpc) is 2.51. The topological polar surface area (TPSA) is 9.23 Å². The van der Waals surface area contributed by atoms with Crippen molar-refractivity contribution in [2.24, 2.45) is 5.92 Å². The summed E-state index contributed by atoms with van der Waals surface area (Å²) in [6.45, 7) is 11.7. The molecule has 0 saturated heterocycles. The lowest BCUT2D eigenvalue weighted by Gasteiger charge is -2.39. The minimum atomic E-state index is 0.133. The van der Waals surface area contributed by atoms with Crippen molar-refractivity contribution in [3.63, 3.8) is 0 Å². The number of hydrogen-bond donors (Lipinski definition) is 0. The fraction of sp³-hybridized carbons (Fsp3) is 1.00. The van der Waals surface area contributed by atoms with Crippen LogP contribution in [0.1, 0.15) is 91.4 Å². The Morgan fingerprint density at radius 1 is 0.818 bits per heavy atom. The lowest BCUT2D eigenvalue weighted by Crippen LogP contribution is -2.39. The molecule has 0 N–H and O–H groups in total. The van der Waals surface area contributed by atoms with E-state index in [2.05, 4.69) is 34.1 Å². The summed E-state index contributed by atoms with van der Waals surface area (Å²) in [5, 5.41) is 0. The van der Waals surface area contributed by atoms with E-state index in [1.54, 1.807) is 0 Å². The van der Waals surface area contributed by atoms with Crippen LogP contribution in [0.25, 0.3) is 0 Å². The number of methoxy groups -OCH3 is 1. The molecular formula is C20H43OP. The first-order chi connectivity index (χ1) is 10.6. The van der Waals surface area contributed by atoms with Crippen molar-refractivity contribution in [1.29, 1.82) is 0 Å². The second kappa shape index (κ2) is 13.8. The van der Waals surface area contributed by atoms with Crippen LogP contribution < -0.4 is 0 Å². The lowest BCUT2D eigenvalue weighted by molar-refractivity contribution is -0.0707. The van der Waals surface area contributed by atoms with Crippen LogP contribution in [0.4, 0.5) is 0 Å². The monoisotopic (exact) mass is 330 g/mol. The zero-order valence-corrected chi connectivity index (χ0v) is 17.3. The highest BCUT2D eigenvalue weighted by Gasteiger charge is 2.34. The van der Waals surface area contributed by atoms with E-state index in [0.717, 1.165) is 18.8 Å². The van der Waals surface area contributed by atoms with Gasteiger partial charge in [0, 0.05) is 7.11 Å². The molecule has 0 bridgehead atoms. The largest absolute Gasteiger partial charge is 0.378 e. The van der Waals surface area contributed by atoms with Gasteiger partial charge in [-0.2, -0.15) is 0 Å². The quantitative estimate of drug-likeness (QED) is 0.230. The highest BCUT2D eigenvalue weighted by molar-refractivity contribution is 7.55. The number of ether oxygens (including phenoxy) is 1. The van der Waals surface area contributed by atoms with E-state index in [9.17, 15) is 0 Å². The van der Waals surface area contributed by atoms with E-state index in [0.29, 0.717) is 0 Å². The molecule has 0 saturated carbocycles. The Kier molecular flexibility index (Phi) is 14.0. The Morgan fingerprint density at radius 2 is 1.36 bits per heavy atom. The molecule has 1 nitrogen and oxygen atoms in total. The molecule has 1 unspecified atom stereocenters. The molecule has 0 aromatic heterocycles. The summed E-state index contributed by atoms with van der Waals surface area (Å²) in [6.07, 6.45) is 16.3. The third-order valence-electron chi connectivity index (χ3n) is 5.41. The predicted molar refractivity (Wildman–Crippen MR) is 105 cm³/mol. The zero-order valence-electron chi connectivity index (χ0n) is 16.4. The molecule has 2 heteroatoms. The summed E-state index contributed by atoms with van der Waals surface area (Å²) >= 11 is 0. The standard InChI is InChI=1S/C20H43OP/c1-7-10-11-12-13-14-16-19(17-15-18-22(5)6)20(8-2,9-3)21-4/h19H,7-18H2,1-6H3. The molecule has 22 heavy (non-hydrogen) atoms. The fourth-order valence-corrected chi connectivity index (χ4v) is 4.59. The van der Waals surface area contributed by atoms with Crippen molar-refractivity contribution in [3.8, 4) is 0 Å². The molecule has 0 amide bonds. The first-order valence-corrected chi connectivity index (χ1v) is 12.2. The van der Waals surface area contributed by atoms with Gasteiger partial charge in [0.2, 0.25) is 0 Å². The third kappa shape index (κ3) is 8.88. The number of rotatable bonds is 15. The lowest BCUT2D eigenvalue weighted by atomic mass is 9.77. The second-order valence-corrected chi connectivity index (χ2v) is 9.78. The molecule has 0 aliphatic carbocycles. The number of hydrogen-bond acceptors (Lipinski definition) is 1. The minimum absolute atomic E-state index is 0.133. The van der Waals surface area contributed by atoms with Crippen molar-refractivity contribution in [1.82, 2.24) is 0 Å². The summed E-state index contributed by atoms with van der Waals surface area (Å²) in [5.74, 6) is 0.758. The van der Waals surface area contributed by atoms with Crippen molar-refractivity contribution in [3.05, 3.63) is 0 Å². The van der Waals surface area contributed by atoms with Gasteiger partial charge in [-0.15, -0.1) is 7.92 Å². The fourth-order valence-electron chi connectivity index (χ4n) is 3.78. The van der Waals surface area contributed by atoms with Crippen LogP contribution in [0, 0.1) is 5.92 Å². The minimum Gasteiger partial charge on any atom is -0.378 e. The number of unbranched alkanes of at least 4 members (excludes halogenated alkanes) is 5. The highest BCUT2D eigenvalue weighted by atomic mass is 31.1. The van der Waals surface area contributed by atoms with Gasteiger partial charge in [-0.3, -0.25) is 0 Å². The Hall–Kier alpha value is 0.390. The molecule has 134 valence electrons. The van der Waals surface area contributed by atoms with E-state index in [4.69, 9.17) is 4.74 Å². The molecule has 1 atom stereocenters. The van der Waals surface area contributed by atoms with Gasteiger partial charge < -0.3 is 4.74 Å². The zero-order chi connectivity index (χ0) is 16.8. The first-order valence-electron chi connectivity index (χ1n) is 9.76. The summed E-state index contributed by atoms with van der Waals surface area (Å²) < 4.78 is 6.06. The molecule has 0 aliphatic heterocycles. The van der Waals surface area contributed by atoms with Crippen LogP contribution >= 0.6 is 7.92 Å². The van der Waals surface area contributed by atoms with Crippen molar-refractivity contribution >= 4 is 7.92 Å². The highest BCUT2D eigenvalue weighted by Crippen LogP contribution is 2.37. The van der Waals surface area contributed by atoms with Crippen LogP contribution in [-0.2, 0) is 4.74 Å². The van der Waals surface area contributed by atoms with E-state index in [1.165, 1.54) is 63.9 Å². The van der Waals surface area contributed by atoms with Crippen LogP contribution in [0.15, 0.2) is 0 Å². The maximum atomic E-state index is 6.06. The van der Waals surface area contributed by atoms with Gasteiger partial charge in [0.05, 0.1) is 5.60 Å². The van der Waals surface area contributed by atoms with Gasteiger partial charge in [-0.1, -0.05) is 59.3 Å². The average molecular weight is 331 g/mol. The first kappa shape index (κ1) is 22.4. The molecule has 0 heterocycles. The molecule has 0 aliphatic rings. The summed E-state index contributed by atoms with van der Waals surface area (Å²) in [6, 6.07) is 0. The van der Waals surface area contributed by atoms with Crippen LogP contribution in [0.3, 0.4) is 0 Å². The summed E-state index contributed by atoms with van der Waals surface area (Å²) in [7, 11) is 2.19. The van der Waals surface area contributed by atoms with E-state index in [1.807, 2.05) is 7.11 Å². The van der Waals surface area contributed by atoms with Crippen molar-refractivity contribution in [2.75, 3.05) is 26.6 Å². The summed E-state index contributed by atoms with van der Waals surface area (Å²) in [4.78, 5) is 0. The van der Waals surface area contributed by atoms with Gasteiger partial charge in [0.15, 0.2) is 0 Å². The van der Waals surface area contributed by atoms with Crippen LogP contribution in [-0.4, -0.2) is 32.2 Å². The normalized spacial score (nSPS) is 13.8. The van der Waals surface area contributed by atoms with Crippen LogP contribution in [0.2, 0.25) is 0 Å². The van der Waals surface area contributed by atoms with Crippen molar-refractivity contribution < 1.29 is 4.74 Å². The van der Waals surface area contributed by atoms with Gasteiger partial charge >= 0.3 is 0 Å². The van der Waals surface area contributed by atoms with Gasteiger partial charge in [0.1, 0.15) is 0 Å². The maximum Gasteiger partial charge on any atom is 0.0701 e. The maximum absolute atomic E-state index is 6.06. The SMILES string of the molecule is CCCCCCCCC(CCCP(C)C)C(CC)(CC)OC. The van der Waals surface area contributed by atoms with E-state index < -0.39 is 0 Å². The third-order valence-corrected chi connectivity index (χ3v) is 6.62. The smallest absolute Gasteiger partial charge is 0.0701 e. The molecule has 0 fully saturated rings. The Bertz CT molecular complexity index is 228. The second-order valence-electron chi connectivity index (χ2n) is 7.17. The van der Waals surface area contributed by atoms with Gasteiger partial charge in [-0.05, 0) is 57.5 Å². The van der Waals surface area contributed by atoms with Crippen molar-refractivity contribution in [2.45, 2.75) is 97.0 Å². The van der Waals surface area contributed by atoms with E-state index >= 15 is 0 Å². The molecule has 0 spiro atoms. The molecular weight excluding hydrogens is 287 g/mol. The van der Waals surface area contributed by atoms with Crippen LogP contribution in [0.5, 0.6) is 0 Å². The Morgan fingerprint density at radius 3 is 1.86 bits per heavy atom. The Labute approximate surface area is 142 Å². The molecule has 0 radical (unpaired) electrons.